The zero-order valence-electron chi connectivity index (χ0n) is 9.76. The summed E-state index contributed by atoms with van der Waals surface area (Å²) in [6.45, 7) is 3.51. The summed E-state index contributed by atoms with van der Waals surface area (Å²) in [5, 5.41) is 8.68. The summed E-state index contributed by atoms with van der Waals surface area (Å²) in [6, 6.07) is 8.05. The van der Waals surface area contributed by atoms with Crippen LogP contribution in [0.25, 0.3) is 10.2 Å². The molecule has 1 heterocycles. The number of nitrogens with zero attached hydrogens (tertiary/aromatic N) is 1. The third kappa shape index (κ3) is 3.34. The van der Waals surface area contributed by atoms with Crippen LogP contribution < -0.4 is 0 Å². The highest BCUT2D eigenvalue weighted by atomic mass is 32.2. The fourth-order valence-electron chi connectivity index (χ4n) is 1.46. The van der Waals surface area contributed by atoms with Gasteiger partial charge in [-0.3, -0.25) is 0 Å². The normalized spacial score (nSPS) is 10.7. The molecule has 2 rings (SSSR count). The Morgan fingerprint density at radius 1 is 1.44 bits per heavy atom. The molecule has 5 heteroatoms. The molecule has 94 valence electrons. The first-order chi connectivity index (χ1) is 8.66. The van der Waals surface area contributed by atoms with Crippen LogP contribution in [-0.4, -0.2) is 21.8 Å². The molecular formula is C13H13NO2S2. The molecule has 0 fully saturated rings. The number of fused-ring (bicyclic) bond motifs is 1. The van der Waals surface area contributed by atoms with Crippen molar-refractivity contribution in [2.75, 3.05) is 5.75 Å². The van der Waals surface area contributed by atoms with E-state index >= 15 is 0 Å². The Hall–Kier alpha value is -1.33. The number of hydrogen-bond donors (Lipinski definition) is 1. The zero-order valence-corrected chi connectivity index (χ0v) is 11.4. The number of carboxylic acid groups (broad SMARTS) is 1. The van der Waals surface area contributed by atoms with E-state index in [1.807, 2.05) is 18.2 Å². The van der Waals surface area contributed by atoms with Gasteiger partial charge < -0.3 is 5.11 Å². The average molecular weight is 279 g/mol. The first-order valence-electron chi connectivity index (χ1n) is 5.56. The minimum Gasteiger partial charge on any atom is -0.478 e. The van der Waals surface area contributed by atoms with Crippen LogP contribution in [-0.2, 0) is 4.79 Å². The molecule has 0 spiro atoms. The van der Waals surface area contributed by atoms with Gasteiger partial charge in [0.05, 0.1) is 10.2 Å². The van der Waals surface area contributed by atoms with Crippen LogP contribution in [0, 0.1) is 0 Å². The fourth-order valence-corrected chi connectivity index (χ4v) is 3.54. The van der Waals surface area contributed by atoms with Gasteiger partial charge in [-0.1, -0.05) is 30.5 Å². The van der Waals surface area contributed by atoms with Crippen molar-refractivity contribution in [1.29, 1.82) is 0 Å². The van der Waals surface area contributed by atoms with E-state index in [4.69, 9.17) is 5.11 Å². The molecule has 0 saturated carbocycles. The molecule has 2 aromatic rings. The van der Waals surface area contributed by atoms with Crippen molar-refractivity contribution in [3.05, 3.63) is 36.4 Å². The lowest BCUT2D eigenvalue weighted by Crippen LogP contribution is -1.98. The summed E-state index contributed by atoms with van der Waals surface area (Å²) in [6.07, 6.45) is 1.35. The van der Waals surface area contributed by atoms with Gasteiger partial charge in [0.15, 0.2) is 4.34 Å². The number of thioether (sulfide) groups is 1. The van der Waals surface area contributed by atoms with Gasteiger partial charge >= 0.3 is 5.97 Å². The predicted octanol–water partition coefficient (Wildman–Crippen LogP) is 3.81. The van der Waals surface area contributed by atoms with Gasteiger partial charge in [0.25, 0.3) is 0 Å². The number of hydrogen-bond acceptors (Lipinski definition) is 4. The Kier molecular flexibility index (Phi) is 4.38. The smallest absolute Gasteiger partial charge is 0.330 e. The lowest BCUT2D eigenvalue weighted by molar-refractivity contribution is -0.132. The SMILES string of the molecule is C=C(CCCSc1nc2ccccc2s1)C(=O)O. The highest BCUT2D eigenvalue weighted by Gasteiger charge is 2.05. The number of rotatable bonds is 6. The van der Waals surface area contributed by atoms with Gasteiger partial charge in [0, 0.05) is 11.3 Å². The predicted molar refractivity (Wildman–Crippen MR) is 76.4 cm³/mol. The summed E-state index contributed by atoms with van der Waals surface area (Å²) in [5.74, 6) is -0.0356. The number of thiazole rings is 1. The second-order valence-corrected chi connectivity index (χ2v) is 6.18. The summed E-state index contributed by atoms with van der Waals surface area (Å²) in [4.78, 5) is 15.1. The van der Waals surface area contributed by atoms with E-state index in [0.717, 1.165) is 22.0 Å². The van der Waals surface area contributed by atoms with Crippen LogP contribution in [0.4, 0.5) is 0 Å². The molecule has 0 atom stereocenters. The summed E-state index contributed by atoms with van der Waals surface area (Å²) in [5.41, 5.74) is 1.31. The molecule has 3 nitrogen and oxygen atoms in total. The van der Waals surface area contributed by atoms with Crippen LogP contribution in [0.1, 0.15) is 12.8 Å². The Bertz CT molecular complexity index is 544. The first kappa shape index (κ1) is 13.1. The number of aliphatic carboxylic acids is 1. The number of aromatic nitrogens is 1. The van der Waals surface area contributed by atoms with Crippen molar-refractivity contribution in [2.24, 2.45) is 0 Å². The Balaban J connectivity index is 1.83. The van der Waals surface area contributed by atoms with Crippen molar-refractivity contribution in [3.63, 3.8) is 0 Å². The van der Waals surface area contributed by atoms with Gasteiger partial charge in [0.1, 0.15) is 0 Å². The van der Waals surface area contributed by atoms with E-state index in [1.165, 1.54) is 4.70 Å². The summed E-state index contributed by atoms with van der Waals surface area (Å²) in [7, 11) is 0. The van der Waals surface area contributed by atoms with Crippen molar-refractivity contribution in [3.8, 4) is 0 Å². The topological polar surface area (TPSA) is 50.2 Å². The molecule has 0 aliphatic carbocycles. The number of carbonyl (C=O) groups is 1. The second-order valence-electron chi connectivity index (χ2n) is 3.81. The minimum atomic E-state index is -0.903. The van der Waals surface area contributed by atoms with Crippen LogP contribution in [0.2, 0.25) is 0 Å². The average Bonchev–Trinajstić information content (AvgIpc) is 2.76. The van der Waals surface area contributed by atoms with E-state index in [1.54, 1.807) is 23.1 Å². The maximum Gasteiger partial charge on any atom is 0.330 e. The maximum absolute atomic E-state index is 10.6. The fraction of sp³-hybridized carbons (Fsp3) is 0.231. The van der Waals surface area contributed by atoms with E-state index in [9.17, 15) is 4.79 Å². The highest BCUT2D eigenvalue weighted by molar-refractivity contribution is 8.01. The van der Waals surface area contributed by atoms with Crippen molar-refractivity contribution in [1.82, 2.24) is 4.98 Å². The standard InChI is InChI=1S/C13H13NO2S2/c1-9(12(15)16)5-4-8-17-13-14-10-6-2-3-7-11(10)18-13/h2-3,6-7H,1,4-5,8H2,(H,15,16). The molecule has 1 N–H and O–H groups in total. The number of para-hydroxylation sites is 1. The maximum atomic E-state index is 10.6. The monoisotopic (exact) mass is 279 g/mol. The lowest BCUT2D eigenvalue weighted by atomic mass is 10.2. The Morgan fingerprint density at radius 2 is 2.22 bits per heavy atom. The number of carboxylic acids is 1. The van der Waals surface area contributed by atoms with E-state index in [-0.39, 0.29) is 5.57 Å². The molecule has 1 aromatic carbocycles. The largest absolute Gasteiger partial charge is 0.478 e. The van der Waals surface area contributed by atoms with E-state index in [2.05, 4.69) is 17.6 Å². The lowest BCUT2D eigenvalue weighted by Gasteiger charge is -1.98. The van der Waals surface area contributed by atoms with Crippen molar-refractivity contribution in [2.45, 2.75) is 17.2 Å². The molecule has 0 saturated heterocycles. The van der Waals surface area contributed by atoms with Crippen LogP contribution in [0.5, 0.6) is 0 Å². The third-order valence-electron chi connectivity index (χ3n) is 2.43. The van der Waals surface area contributed by atoms with Crippen molar-refractivity contribution >= 4 is 39.3 Å². The molecule has 0 unspecified atom stereocenters. The van der Waals surface area contributed by atoms with Gasteiger partial charge in [-0.15, -0.1) is 11.3 Å². The first-order valence-corrected chi connectivity index (χ1v) is 7.36. The van der Waals surface area contributed by atoms with Crippen LogP contribution in [0.15, 0.2) is 40.8 Å². The molecule has 0 aliphatic heterocycles. The minimum absolute atomic E-state index is 0.278. The molecule has 0 radical (unpaired) electrons. The summed E-state index contributed by atoms with van der Waals surface area (Å²) < 4.78 is 2.23. The van der Waals surface area contributed by atoms with Crippen LogP contribution in [0.3, 0.4) is 0 Å². The molecule has 0 bridgehead atoms. The Labute approximate surface area is 114 Å². The van der Waals surface area contributed by atoms with E-state index in [0.29, 0.717) is 6.42 Å². The number of benzene rings is 1. The zero-order chi connectivity index (χ0) is 13.0. The van der Waals surface area contributed by atoms with Gasteiger partial charge in [-0.25, -0.2) is 9.78 Å². The van der Waals surface area contributed by atoms with Crippen molar-refractivity contribution < 1.29 is 9.90 Å². The molecule has 18 heavy (non-hydrogen) atoms. The van der Waals surface area contributed by atoms with Gasteiger partial charge in [-0.05, 0) is 25.0 Å². The highest BCUT2D eigenvalue weighted by Crippen LogP contribution is 2.29. The summed E-state index contributed by atoms with van der Waals surface area (Å²) >= 11 is 3.35. The van der Waals surface area contributed by atoms with Crippen LogP contribution >= 0.6 is 23.1 Å². The quantitative estimate of drug-likeness (QED) is 0.496. The molecular weight excluding hydrogens is 266 g/mol. The molecule has 0 aliphatic rings. The molecule has 1 aromatic heterocycles. The van der Waals surface area contributed by atoms with Gasteiger partial charge in [0.2, 0.25) is 0 Å². The molecule has 0 amide bonds. The van der Waals surface area contributed by atoms with E-state index < -0.39 is 5.97 Å². The Morgan fingerprint density at radius 3 is 2.94 bits per heavy atom. The third-order valence-corrected chi connectivity index (χ3v) is 4.69. The van der Waals surface area contributed by atoms with Gasteiger partial charge in [-0.2, -0.15) is 0 Å². The second kappa shape index (κ2) is 6.02.